The third-order valence-corrected chi connectivity index (χ3v) is 5.08. The van der Waals surface area contributed by atoms with Crippen LogP contribution in [0.3, 0.4) is 0 Å². The molecular formula is C26H24O3. The Hall–Kier alpha value is -3.33. The van der Waals surface area contributed by atoms with Crippen LogP contribution in [0.4, 0.5) is 0 Å². The number of benzene rings is 3. The first kappa shape index (κ1) is 19.0. The molecule has 1 aliphatic rings. The van der Waals surface area contributed by atoms with Crippen molar-refractivity contribution >= 4 is 12.0 Å². The van der Waals surface area contributed by atoms with E-state index in [1.807, 2.05) is 66.7 Å². The Kier molecular flexibility index (Phi) is 6.06. The SMILES string of the molecule is O=C(/C=C/c1ccc(OCc2ccccc2)cc1)Oc1ccc2c(c1)CCCC2. The molecule has 3 heteroatoms. The van der Waals surface area contributed by atoms with E-state index in [1.54, 1.807) is 6.08 Å². The number of aryl methyl sites for hydroxylation is 2. The molecule has 29 heavy (non-hydrogen) atoms. The largest absolute Gasteiger partial charge is 0.489 e. The smallest absolute Gasteiger partial charge is 0.336 e. The summed E-state index contributed by atoms with van der Waals surface area (Å²) in [5, 5.41) is 0. The quantitative estimate of drug-likeness (QED) is 0.308. The summed E-state index contributed by atoms with van der Waals surface area (Å²) in [5.74, 6) is 1.04. The Morgan fingerprint density at radius 3 is 2.34 bits per heavy atom. The van der Waals surface area contributed by atoms with Gasteiger partial charge in [0.1, 0.15) is 18.1 Å². The van der Waals surface area contributed by atoms with Gasteiger partial charge in [-0.1, -0.05) is 48.5 Å². The highest BCUT2D eigenvalue weighted by atomic mass is 16.5. The molecule has 0 aromatic heterocycles. The van der Waals surface area contributed by atoms with E-state index in [9.17, 15) is 4.79 Å². The number of esters is 1. The number of carbonyl (C=O) groups excluding carboxylic acids is 1. The summed E-state index contributed by atoms with van der Waals surface area (Å²) < 4.78 is 11.2. The van der Waals surface area contributed by atoms with Gasteiger partial charge in [-0.05, 0) is 78.3 Å². The fraction of sp³-hybridized carbons (Fsp3) is 0.192. The van der Waals surface area contributed by atoms with Crippen molar-refractivity contribution in [2.45, 2.75) is 32.3 Å². The summed E-state index contributed by atoms with van der Waals surface area (Å²) >= 11 is 0. The van der Waals surface area contributed by atoms with Gasteiger partial charge in [-0.2, -0.15) is 0 Å². The van der Waals surface area contributed by atoms with Gasteiger partial charge in [0.05, 0.1) is 0 Å². The molecule has 0 amide bonds. The first-order valence-electron chi connectivity index (χ1n) is 10.0. The number of ether oxygens (including phenoxy) is 2. The Morgan fingerprint density at radius 1 is 0.828 bits per heavy atom. The minimum Gasteiger partial charge on any atom is -0.489 e. The van der Waals surface area contributed by atoms with Crippen molar-refractivity contribution in [1.82, 2.24) is 0 Å². The molecule has 0 bridgehead atoms. The van der Waals surface area contributed by atoms with Crippen LogP contribution in [0.5, 0.6) is 11.5 Å². The van der Waals surface area contributed by atoms with Crippen molar-refractivity contribution in [3.8, 4) is 11.5 Å². The Morgan fingerprint density at radius 2 is 1.55 bits per heavy atom. The number of hydrogen-bond acceptors (Lipinski definition) is 3. The predicted octanol–water partition coefficient (Wildman–Crippen LogP) is 5.76. The van der Waals surface area contributed by atoms with Gasteiger partial charge in [0, 0.05) is 6.08 Å². The second-order valence-electron chi connectivity index (χ2n) is 7.24. The molecule has 1 aliphatic carbocycles. The fourth-order valence-corrected chi connectivity index (χ4v) is 3.50. The van der Waals surface area contributed by atoms with E-state index < -0.39 is 0 Å². The van der Waals surface area contributed by atoms with Gasteiger partial charge < -0.3 is 9.47 Å². The Labute approximate surface area is 171 Å². The van der Waals surface area contributed by atoms with Crippen LogP contribution < -0.4 is 9.47 Å². The summed E-state index contributed by atoms with van der Waals surface area (Å²) in [6.07, 6.45) is 7.84. The molecule has 3 aromatic rings. The van der Waals surface area contributed by atoms with Crippen molar-refractivity contribution in [2.24, 2.45) is 0 Å². The lowest BCUT2D eigenvalue weighted by atomic mass is 9.92. The highest BCUT2D eigenvalue weighted by molar-refractivity contribution is 5.88. The van der Waals surface area contributed by atoms with Gasteiger partial charge in [0.2, 0.25) is 0 Å². The average Bonchev–Trinajstić information content (AvgIpc) is 2.77. The van der Waals surface area contributed by atoms with Crippen LogP contribution in [0, 0.1) is 0 Å². The number of hydrogen-bond donors (Lipinski definition) is 0. The summed E-state index contributed by atoms with van der Waals surface area (Å²) in [5.41, 5.74) is 4.72. The molecule has 4 rings (SSSR count). The van der Waals surface area contributed by atoms with Crippen LogP contribution in [0.15, 0.2) is 78.9 Å². The minimum absolute atomic E-state index is 0.370. The summed E-state index contributed by atoms with van der Waals surface area (Å²) in [6, 6.07) is 23.6. The Bertz CT molecular complexity index is 988. The van der Waals surface area contributed by atoms with Crippen molar-refractivity contribution < 1.29 is 14.3 Å². The fourth-order valence-electron chi connectivity index (χ4n) is 3.50. The molecule has 0 fully saturated rings. The van der Waals surface area contributed by atoms with E-state index in [2.05, 4.69) is 6.07 Å². The van der Waals surface area contributed by atoms with Crippen LogP contribution >= 0.6 is 0 Å². The highest BCUT2D eigenvalue weighted by Crippen LogP contribution is 2.25. The molecule has 3 aromatic carbocycles. The molecule has 0 spiro atoms. The second-order valence-corrected chi connectivity index (χ2v) is 7.24. The van der Waals surface area contributed by atoms with E-state index in [0.29, 0.717) is 12.4 Å². The van der Waals surface area contributed by atoms with Crippen molar-refractivity contribution in [1.29, 1.82) is 0 Å². The molecule has 0 saturated carbocycles. The third kappa shape index (κ3) is 5.35. The number of carbonyl (C=O) groups is 1. The van der Waals surface area contributed by atoms with Crippen molar-refractivity contribution in [3.05, 3.63) is 101 Å². The van der Waals surface area contributed by atoms with Gasteiger partial charge in [-0.25, -0.2) is 4.79 Å². The van der Waals surface area contributed by atoms with E-state index in [0.717, 1.165) is 29.7 Å². The summed E-state index contributed by atoms with van der Waals surface area (Å²) in [4.78, 5) is 12.1. The molecule has 146 valence electrons. The van der Waals surface area contributed by atoms with Gasteiger partial charge in [-0.15, -0.1) is 0 Å². The predicted molar refractivity (Wildman–Crippen MR) is 115 cm³/mol. The maximum absolute atomic E-state index is 12.1. The highest BCUT2D eigenvalue weighted by Gasteiger charge is 2.11. The molecular weight excluding hydrogens is 360 g/mol. The number of fused-ring (bicyclic) bond motifs is 1. The van der Waals surface area contributed by atoms with Crippen LogP contribution in [0.1, 0.15) is 35.1 Å². The van der Waals surface area contributed by atoms with Crippen molar-refractivity contribution in [2.75, 3.05) is 0 Å². The first-order valence-corrected chi connectivity index (χ1v) is 10.0. The molecule has 0 radical (unpaired) electrons. The summed E-state index contributed by atoms with van der Waals surface area (Å²) in [7, 11) is 0. The topological polar surface area (TPSA) is 35.5 Å². The van der Waals surface area contributed by atoms with E-state index >= 15 is 0 Å². The molecule has 0 aliphatic heterocycles. The maximum atomic E-state index is 12.1. The van der Waals surface area contributed by atoms with Gasteiger partial charge in [0.15, 0.2) is 0 Å². The second kappa shape index (κ2) is 9.24. The van der Waals surface area contributed by atoms with Gasteiger partial charge in [0.25, 0.3) is 0 Å². The van der Waals surface area contributed by atoms with E-state index in [4.69, 9.17) is 9.47 Å². The zero-order chi connectivity index (χ0) is 19.9. The van der Waals surface area contributed by atoms with Crippen molar-refractivity contribution in [3.63, 3.8) is 0 Å². The lowest BCUT2D eigenvalue weighted by molar-refractivity contribution is -0.128. The Balaban J connectivity index is 1.31. The van der Waals surface area contributed by atoms with Crippen LogP contribution in [-0.2, 0) is 24.2 Å². The van der Waals surface area contributed by atoms with E-state index in [-0.39, 0.29) is 5.97 Å². The lowest BCUT2D eigenvalue weighted by Crippen LogP contribution is -2.06. The average molecular weight is 384 g/mol. The van der Waals surface area contributed by atoms with Crippen LogP contribution in [0.25, 0.3) is 6.08 Å². The summed E-state index contributed by atoms with van der Waals surface area (Å²) in [6.45, 7) is 0.531. The molecule has 0 N–H and O–H groups in total. The maximum Gasteiger partial charge on any atom is 0.336 e. The zero-order valence-corrected chi connectivity index (χ0v) is 16.3. The van der Waals surface area contributed by atoms with E-state index in [1.165, 1.54) is 30.0 Å². The third-order valence-electron chi connectivity index (χ3n) is 5.08. The van der Waals surface area contributed by atoms with Gasteiger partial charge in [-0.3, -0.25) is 0 Å². The normalized spacial score (nSPS) is 13.1. The molecule has 0 atom stereocenters. The molecule has 0 saturated heterocycles. The van der Waals surface area contributed by atoms with Crippen LogP contribution in [-0.4, -0.2) is 5.97 Å². The first-order chi connectivity index (χ1) is 14.3. The standard InChI is InChI=1S/C26H24O3/c27-26(29-25-16-13-22-8-4-5-9-23(22)18-25)17-12-20-10-14-24(15-11-20)28-19-21-6-2-1-3-7-21/h1-3,6-7,10-18H,4-5,8-9,19H2/b17-12+. The number of rotatable bonds is 6. The minimum atomic E-state index is -0.370. The molecule has 0 heterocycles. The lowest BCUT2D eigenvalue weighted by Gasteiger charge is -2.16. The monoisotopic (exact) mass is 384 g/mol. The molecule has 3 nitrogen and oxygen atoms in total. The molecule has 0 unspecified atom stereocenters. The van der Waals surface area contributed by atoms with Gasteiger partial charge >= 0.3 is 5.97 Å². The zero-order valence-electron chi connectivity index (χ0n) is 16.3. The van der Waals surface area contributed by atoms with Crippen LogP contribution in [0.2, 0.25) is 0 Å².